The third-order valence-electron chi connectivity index (χ3n) is 2.84. The standard InChI is InChI=1S/C10H18N2OS/c1-8(9-3-2-5-13-7-9)12-10-11-4-6-14-10/h8-9H,2-7H2,1H3,(H,11,12). The molecule has 0 aromatic rings. The van der Waals surface area contributed by atoms with E-state index in [1.54, 1.807) is 0 Å². The van der Waals surface area contributed by atoms with Gasteiger partial charge in [0.05, 0.1) is 13.2 Å². The van der Waals surface area contributed by atoms with Crippen LogP contribution in [0.15, 0.2) is 4.99 Å². The summed E-state index contributed by atoms with van der Waals surface area (Å²) in [7, 11) is 0. The molecule has 1 saturated heterocycles. The first kappa shape index (κ1) is 10.3. The molecule has 1 N–H and O–H groups in total. The highest BCUT2D eigenvalue weighted by Gasteiger charge is 2.22. The zero-order valence-corrected chi connectivity index (χ0v) is 9.48. The number of nitrogens with one attached hydrogen (secondary N) is 1. The lowest BCUT2D eigenvalue weighted by molar-refractivity contribution is 0.0448. The van der Waals surface area contributed by atoms with Gasteiger partial charge in [-0.15, -0.1) is 0 Å². The largest absolute Gasteiger partial charge is 0.381 e. The Kier molecular flexibility index (Phi) is 3.70. The minimum Gasteiger partial charge on any atom is -0.381 e. The topological polar surface area (TPSA) is 33.6 Å². The van der Waals surface area contributed by atoms with Gasteiger partial charge in [-0.25, -0.2) is 0 Å². The Hall–Kier alpha value is -0.220. The van der Waals surface area contributed by atoms with Crippen LogP contribution in [0.1, 0.15) is 19.8 Å². The van der Waals surface area contributed by atoms with E-state index in [1.807, 2.05) is 11.8 Å². The van der Waals surface area contributed by atoms with E-state index >= 15 is 0 Å². The fourth-order valence-electron chi connectivity index (χ4n) is 1.90. The summed E-state index contributed by atoms with van der Waals surface area (Å²) < 4.78 is 5.48. The molecule has 80 valence electrons. The highest BCUT2D eigenvalue weighted by atomic mass is 32.2. The van der Waals surface area contributed by atoms with E-state index in [0.717, 1.165) is 30.7 Å². The van der Waals surface area contributed by atoms with Crippen molar-refractivity contribution in [1.82, 2.24) is 5.32 Å². The van der Waals surface area contributed by atoms with Crippen molar-refractivity contribution in [3.05, 3.63) is 0 Å². The Morgan fingerprint density at radius 1 is 1.64 bits per heavy atom. The molecule has 0 radical (unpaired) electrons. The molecule has 0 aromatic carbocycles. The molecule has 2 atom stereocenters. The summed E-state index contributed by atoms with van der Waals surface area (Å²) in [5, 5.41) is 4.61. The van der Waals surface area contributed by atoms with Crippen molar-refractivity contribution in [1.29, 1.82) is 0 Å². The summed E-state index contributed by atoms with van der Waals surface area (Å²) >= 11 is 1.83. The van der Waals surface area contributed by atoms with E-state index in [0.29, 0.717) is 12.0 Å². The number of thioether (sulfide) groups is 1. The Morgan fingerprint density at radius 2 is 2.57 bits per heavy atom. The molecule has 2 aliphatic rings. The molecule has 14 heavy (non-hydrogen) atoms. The minimum atomic E-state index is 0.500. The maximum atomic E-state index is 5.48. The first-order valence-corrected chi connectivity index (χ1v) is 6.36. The van der Waals surface area contributed by atoms with Gasteiger partial charge in [-0.3, -0.25) is 4.99 Å². The van der Waals surface area contributed by atoms with E-state index < -0.39 is 0 Å². The molecule has 0 saturated carbocycles. The molecule has 2 unspecified atom stereocenters. The molecule has 2 aliphatic heterocycles. The van der Waals surface area contributed by atoms with E-state index in [4.69, 9.17) is 4.74 Å². The van der Waals surface area contributed by atoms with Crippen LogP contribution in [0.3, 0.4) is 0 Å². The molecule has 4 heteroatoms. The van der Waals surface area contributed by atoms with Crippen LogP contribution in [0.2, 0.25) is 0 Å². The average Bonchev–Trinajstić information content (AvgIpc) is 2.72. The van der Waals surface area contributed by atoms with Crippen LogP contribution >= 0.6 is 11.8 Å². The molecule has 0 bridgehead atoms. The Labute approximate surface area is 89.7 Å². The lowest BCUT2D eigenvalue weighted by Gasteiger charge is -2.28. The number of ether oxygens (including phenoxy) is 1. The van der Waals surface area contributed by atoms with Crippen LogP contribution in [0.4, 0.5) is 0 Å². The first-order valence-electron chi connectivity index (χ1n) is 5.38. The molecule has 3 nitrogen and oxygen atoms in total. The highest BCUT2D eigenvalue weighted by molar-refractivity contribution is 8.14. The Bertz CT molecular complexity index is 214. The van der Waals surface area contributed by atoms with Crippen LogP contribution in [0.25, 0.3) is 0 Å². The fourth-order valence-corrected chi connectivity index (χ4v) is 2.72. The molecule has 0 aromatic heterocycles. The summed E-state index contributed by atoms with van der Waals surface area (Å²) in [6, 6.07) is 0.500. The van der Waals surface area contributed by atoms with Gasteiger partial charge in [0.15, 0.2) is 5.17 Å². The van der Waals surface area contributed by atoms with Gasteiger partial charge in [-0.05, 0) is 19.8 Å². The van der Waals surface area contributed by atoms with Crippen LogP contribution in [-0.2, 0) is 4.74 Å². The minimum absolute atomic E-state index is 0.500. The van der Waals surface area contributed by atoms with Crippen LogP contribution in [0, 0.1) is 5.92 Å². The Morgan fingerprint density at radius 3 is 3.21 bits per heavy atom. The SMILES string of the molecule is CC(NC1=NCCS1)C1CCCOC1. The summed E-state index contributed by atoms with van der Waals surface area (Å²) in [5.74, 6) is 1.79. The number of nitrogens with zero attached hydrogens (tertiary/aromatic N) is 1. The molecule has 0 aliphatic carbocycles. The summed E-state index contributed by atoms with van der Waals surface area (Å²) in [4.78, 5) is 4.40. The van der Waals surface area contributed by atoms with Gasteiger partial charge in [0.25, 0.3) is 0 Å². The molecule has 2 rings (SSSR count). The van der Waals surface area contributed by atoms with E-state index in [2.05, 4.69) is 17.2 Å². The third kappa shape index (κ3) is 2.64. The van der Waals surface area contributed by atoms with Gasteiger partial charge in [0, 0.05) is 24.3 Å². The maximum absolute atomic E-state index is 5.48. The quantitative estimate of drug-likeness (QED) is 0.756. The number of aliphatic imine (C=N–C) groups is 1. The van der Waals surface area contributed by atoms with Gasteiger partial charge in [0.1, 0.15) is 0 Å². The van der Waals surface area contributed by atoms with Crippen LogP contribution < -0.4 is 5.32 Å². The van der Waals surface area contributed by atoms with Gasteiger partial charge < -0.3 is 10.1 Å². The Balaban J connectivity index is 1.78. The highest BCUT2D eigenvalue weighted by Crippen LogP contribution is 2.19. The molecular formula is C10H18N2OS. The van der Waals surface area contributed by atoms with Gasteiger partial charge >= 0.3 is 0 Å². The van der Waals surface area contributed by atoms with Crippen molar-refractivity contribution >= 4 is 16.9 Å². The molecule has 0 spiro atoms. The summed E-state index contributed by atoms with van der Waals surface area (Å²) in [6.45, 7) is 5.06. The summed E-state index contributed by atoms with van der Waals surface area (Å²) in [5.41, 5.74) is 0. The molecular weight excluding hydrogens is 196 g/mol. The third-order valence-corrected chi connectivity index (χ3v) is 3.75. The lowest BCUT2D eigenvalue weighted by atomic mass is 9.95. The lowest BCUT2D eigenvalue weighted by Crippen LogP contribution is -2.39. The number of hydrogen-bond acceptors (Lipinski definition) is 4. The van der Waals surface area contributed by atoms with Gasteiger partial charge in [-0.2, -0.15) is 0 Å². The molecule has 2 heterocycles. The number of hydrogen-bond donors (Lipinski definition) is 1. The predicted octanol–water partition coefficient (Wildman–Crippen LogP) is 1.49. The predicted molar refractivity (Wildman–Crippen MR) is 60.9 cm³/mol. The molecule has 1 fully saturated rings. The van der Waals surface area contributed by atoms with E-state index in [9.17, 15) is 0 Å². The second-order valence-corrected chi connectivity index (χ2v) is 5.03. The molecule has 0 amide bonds. The van der Waals surface area contributed by atoms with Crippen molar-refractivity contribution in [3.8, 4) is 0 Å². The number of amidine groups is 1. The van der Waals surface area contributed by atoms with Crippen molar-refractivity contribution in [2.45, 2.75) is 25.8 Å². The smallest absolute Gasteiger partial charge is 0.156 e. The van der Waals surface area contributed by atoms with Crippen molar-refractivity contribution in [2.75, 3.05) is 25.5 Å². The second kappa shape index (κ2) is 5.03. The first-order chi connectivity index (χ1) is 6.86. The van der Waals surface area contributed by atoms with Gasteiger partial charge in [-0.1, -0.05) is 11.8 Å². The summed E-state index contributed by atoms with van der Waals surface area (Å²) in [6.07, 6.45) is 2.49. The second-order valence-electron chi connectivity index (χ2n) is 3.95. The van der Waals surface area contributed by atoms with E-state index in [1.165, 1.54) is 12.8 Å². The van der Waals surface area contributed by atoms with Crippen LogP contribution in [0.5, 0.6) is 0 Å². The number of rotatable bonds is 2. The zero-order chi connectivity index (χ0) is 9.80. The van der Waals surface area contributed by atoms with Crippen molar-refractivity contribution < 1.29 is 4.74 Å². The van der Waals surface area contributed by atoms with E-state index in [-0.39, 0.29) is 0 Å². The van der Waals surface area contributed by atoms with Crippen molar-refractivity contribution in [3.63, 3.8) is 0 Å². The zero-order valence-electron chi connectivity index (χ0n) is 8.66. The average molecular weight is 214 g/mol. The van der Waals surface area contributed by atoms with Crippen molar-refractivity contribution in [2.24, 2.45) is 10.9 Å². The maximum Gasteiger partial charge on any atom is 0.156 e. The van der Waals surface area contributed by atoms with Crippen LogP contribution in [-0.4, -0.2) is 36.7 Å². The monoisotopic (exact) mass is 214 g/mol. The van der Waals surface area contributed by atoms with Gasteiger partial charge in [0.2, 0.25) is 0 Å². The normalized spacial score (nSPS) is 29.8. The fraction of sp³-hybridized carbons (Fsp3) is 0.900.